The lowest BCUT2D eigenvalue weighted by Gasteiger charge is -2.22. The Morgan fingerprint density at radius 1 is 1.17 bits per heavy atom. The lowest BCUT2D eigenvalue weighted by Crippen LogP contribution is -2.50. The molecule has 0 aliphatic heterocycles. The third-order valence-electron chi connectivity index (χ3n) is 3.39. The van der Waals surface area contributed by atoms with Crippen molar-refractivity contribution in [3.8, 4) is 0 Å². The molecular formula is C16H27N3O3S. The fraction of sp³-hybridized carbons (Fsp3) is 0.562. The number of sulfonamides is 1. The van der Waals surface area contributed by atoms with Crippen LogP contribution in [0.1, 0.15) is 32.8 Å². The Bertz CT molecular complexity index is 612. The molecule has 6 nitrogen and oxygen atoms in total. The number of rotatable bonds is 8. The molecule has 0 saturated heterocycles. The fourth-order valence-electron chi connectivity index (χ4n) is 2.06. The van der Waals surface area contributed by atoms with E-state index >= 15 is 0 Å². The molecule has 0 aliphatic carbocycles. The van der Waals surface area contributed by atoms with Gasteiger partial charge >= 0.3 is 0 Å². The summed E-state index contributed by atoms with van der Waals surface area (Å²) in [5, 5.41) is 2.73. The largest absolute Gasteiger partial charge is 0.351 e. The monoisotopic (exact) mass is 341 g/mol. The number of carbonyl (C=O) groups is 1. The molecule has 0 aromatic heterocycles. The number of hydrogen-bond acceptors (Lipinski definition) is 4. The molecule has 0 fully saturated rings. The van der Waals surface area contributed by atoms with Crippen LogP contribution in [-0.2, 0) is 14.8 Å². The maximum Gasteiger partial charge on any atom is 0.241 e. The molecule has 0 saturated carbocycles. The Morgan fingerprint density at radius 3 is 2.22 bits per heavy atom. The lowest BCUT2D eigenvalue weighted by molar-refractivity contribution is -0.123. The summed E-state index contributed by atoms with van der Waals surface area (Å²) in [6, 6.07) is 5.48. The van der Waals surface area contributed by atoms with Gasteiger partial charge in [0.05, 0.1) is 4.90 Å². The Labute approximate surface area is 138 Å². The smallest absolute Gasteiger partial charge is 0.241 e. The van der Waals surface area contributed by atoms with Gasteiger partial charge in [0.1, 0.15) is 6.04 Å². The molecule has 0 spiro atoms. The van der Waals surface area contributed by atoms with Gasteiger partial charge < -0.3 is 11.1 Å². The van der Waals surface area contributed by atoms with Crippen LogP contribution in [0.15, 0.2) is 29.2 Å². The van der Waals surface area contributed by atoms with E-state index in [1.165, 1.54) is 12.1 Å². The highest BCUT2D eigenvalue weighted by molar-refractivity contribution is 7.89. The van der Waals surface area contributed by atoms with Crippen LogP contribution in [0.2, 0.25) is 0 Å². The van der Waals surface area contributed by atoms with E-state index < -0.39 is 16.1 Å². The van der Waals surface area contributed by atoms with Crippen LogP contribution < -0.4 is 15.8 Å². The number of carbonyl (C=O) groups excluding carboxylic acids is 1. The first-order valence-corrected chi connectivity index (χ1v) is 9.23. The molecule has 23 heavy (non-hydrogen) atoms. The van der Waals surface area contributed by atoms with E-state index in [-0.39, 0.29) is 22.8 Å². The second-order valence-corrected chi connectivity index (χ2v) is 7.98. The van der Waals surface area contributed by atoms with E-state index in [0.717, 1.165) is 5.56 Å². The van der Waals surface area contributed by atoms with Crippen molar-refractivity contribution < 1.29 is 13.2 Å². The summed E-state index contributed by atoms with van der Waals surface area (Å²) in [5.74, 6) is -0.188. The van der Waals surface area contributed by atoms with Crippen molar-refractivity contribution in [2.75, 3.05) is 6.54 Å². The van der Waals surface area contributed by atoms with Crippen molar-refractivity contribution in [1.82, 2.24) is 10.0 Å². The van der Waals surface area contributed by atoms with E-state index in [0.29, 0.717) is 13.0 Å². The molecule has 0 aliphatic rings. The zero-order valence-corrected chi connectivity index (χ0v) is 15.0. The Kier molecular flexibility index (Phi) is 7.18. The molecule has 0 heterocycles. The molecule has 1 amide bonds. The van der Waals surface area contributed by atoms with Gasteiger partial charge in [-0.2, -0.15) is 4.72 Å². The quantitative estimate of drug-likeness (QED) is 0.660. The van der Waals surface area contributed by atoms with E-state index in [2.05, 4.69) is 10.0 Å². The van der Waals surface area contributed by atoms with Gasteiger partial charge in [0.2, 0.25) is 15.9 Å². The van der Waals surface area contributed by atoms with Gasteiger partial charge in [-0.3, -0.25) is 4.79 Å². The van der Waals surface area contributed by atoms with Crippen LogP contribution >= 0.6 is 0 Å². The van der Waals surface area contributed by atoms with Crippen molar-refractivity contribution in [2.45, 2.75) is 51.1 Å². The van der Waals surface area contributed by atoms with Crippen LogP contribution in [0.4, 0.5) is 0 Å². The Morgan fingerprint density at radius 2 is 1.74 bits per heavy atom. The summed E-state index contributed by atoms with van der Waals surface area (Å²) in [5.41, 5.74) is 6.47. The molecule has 0 bridgehead atoms. The van der Waals surface area contributed by atoms with Crippen LogP contribution in [0.25, 0.3) is 0 Å². The lowest BCUT2D eigenvalue weighted by atomic mass is 10.0. The average molecular weight is 341 g/mol. The van der Waals surface area contributed by atoms with Gasteiger partial charge in [-0.05, 0) is 38.3 Å². The van der Waals surface area contributed by atoms with Gasteiger partial charge in [-0.15, -0.1) is 0 Å². The Balaban J connectivity index is 2.95. The molecule has 7 heteroatoms. The summed E-state index contributed by atoms with van der Waals surface area (Å²) < 4.78 is 27.5. The zero-order chi connectivity index (χ0) is 17.6. The predicted molar refractivity (Wildman–Crippen MR) is 91.4 cm³/mol. The molecule has 2 atom stereocenters. The first-order chi connectivity index (χ1) is 10.7. The van der Waals surface area contributed by atoms with Gasteiger partial charge in [0.15, 0.2) is 0 Å². The van der Waals surface area contributed by atoms with Gasteiger partial charge in [0, 0.05) is 12.6 Å². The summed E-state index contributed by atoms with van der Waals surface area (Å²) in [6.07, 6.45) is 0.411. The van der Waals surface area contributed by atoms with Gasteiger partial charge in [-0.1, -0.05) is 31.5 Å². The van der Waals surface area contributed by atoms with Crippen molar-refractivity contribution in [2.24, 2.45) is 11.7 Å². The average Bonchev–Trinajstić information content (AvgIpc) is 2.46. The minimum absolute atomic E-state index is 0.150. The van der Waals surface area contributed by atoms with E-state index in [4.69, 9.17) is 5.73 Å². The number of amides is 1. The SMILES string of the molecule is Cc1ccc(S(=O)(=O)NC(CC(C)C)C(=O)N[C@@H](C)CN)cc1. The highest BCUT2D eigenvalue weighted by atomic mass is 32.2. The summed E-state index contributed by atoms with van der Waals surface area (Å²) in [7, 11) is -3.75. The summed E-state index contributed by atoms with van der Waals surface area (Å²) in [4.78, 5) is 12.5. The summed E-state index contributed by atoms with van der Waals surface area (Å²) in [6.45, 7) is 7.83. The van der Waals surface area contributed by atoms with Gasteiger partial charge in [-0.25, -0.2) is 8.42 Å². The second kappa shape index (κ2) is 8.42. The maximum atomic E-state index is 12.5. The van der Waals surface area contributed by atoms with E-state index in [9.17, 15) is 13.2 Å². The highest BCUT2D eigenvalue weighted by Gasteiger charge is 2.27. The minimum atomic E-state index is -3.75. The normalized spacial score (nSPS) is 14.5. The third-order valence-corrected chi connectivity index (χ3v) is 4.88. The van der Waals surface area contributed by atoms with Crippen molar-refractivity contribution in [3.05, 3.63) is 29.8 Å². The Hall–Kier alpha value is -1.44. The zero-order valence-electron chi connectivity index (χ0n) is 14.2. The molecule has 4 N–H and O–H groups in total. The van der Waals surface area contributed by atoms with Crippen LogP contribution in [-0.4, -0.2) is 33.0 Å². The van der Waals surface area contributed by atoms with Crippen LogP contribution in [0, 0.1) is 12.8 Å². The molecule has 0 radical (unpaired) electrons. The molecule has 1 rings (SSSR count). The first kappa shape index (κ1) is 19.6. The second-order valence-electron chi connectivity index (χ2n) is 6.26. The number of benzene rings is 1. The number of aryl methyl sites for hydroxylation is 1. The molecule has 130 valence electrons. The first-order valence-electron chi connectivity index (χ1n) is 7.75. The fourth-order valence-corrected chi connectivity index (χ4v) is 3.26. The van der Waals surface area contributed by atoms with Crippen molar-refractivity contribution in [1.29, 1.82) is 0 Å². The predicted octanol–water partition coefficient (Wildman–Crippen LogP) is 1.15. The molecule has 1 aromatic rings. The molecular weight excluding hydrogens is 314 g/mol. The maximum absolute atomic E-state index is 12.5. The van der Waals surface area contributed by atoms with Gasteiger partial charge in [0.25, 0.3) is 0 Å². The number of nitrogens with two attached hydrogens (primary N) is 1. The standard InChI is InChI=1S/C16H27N3O3S/c1-11(2)9-15(16(20)18-13(4)10-17)19-23(21,22)14-7-5-12(3)6-8-14/h5-8,11,13,15,19H,9-10,17H2,1-4H3,(H,18,20)/t13-,15?/m0/s1. The van der Waals surface area contributed by atoms with Crippen LogP contribution in [0.5, 0.6) is 0 Å². The summed E-state index contributed by atoms with van der Waals surface area (Å²) >= 11 is 0. The van der Waals surface area contributed by atoms with Crippen molar-refractivity contribution in [3.63, 3.8) is 0 Å². The third kappa shape index (κ3) is 6.29. The topological polar surface area (TPSA) is 101 Å². The van der Waals surface area contributed by atoms with E-state index in [1.54, 1.807) is 19.1 Å². The van der Waals surface area contributed by atoms with Crippen molar-refractivity contribution >= 4 is 15.9 Å². The number of hydrogen-bond donors (Lipinski definition) is 3. The molecule has 1 unspecified atom stereocenters. The molecule has 1 aromatic carbocycles. The van der Waals surface area contributed by atoms with Crippen LogP contribution in [0.3, 0.4) is 0 Å². The minimum Gasteiger partial charge on any atom is -0.351 e. The highest BCUT2D eigenvalue weighted by Crippen LogP contribution is 2.13. The number of nitrogens with one attached hydrogen (secondary N) is 2. The van der Waals surface area contributed by atoms with E-state index in [1.807, 2.05) is 20.8 Å².